The fourth-order valence-electron chi connectivity index (χ4n) is 1.46. The third-order valence-electron chi connectivity index (χ3n) is 2.47. The Hall–Kier alpha value is -1.28. The lowest BCUT2D eigenvalue weighted by molar-refractivity contribution is 0.626. The van der Waals surface area contributed by atoms with E-state index in [1.165, 1.54) is 23.3 Å². The van der Waals surface area contributed by atoms with E-state index in [1.54, 1.807) is 11.8 Å². The van der Waals surface area contributed by atoms with Crippen LogP contribution in [0.4, 0.5) is 4.39 Å². The quantitative estimate of drug-likeness (QED) is 0.706. The van der Waals surface area contributed by atoms with Gasteiger partial charge in [0.1, 0.15) is 5.82 Å². The average Bonchev–Trinajstić information content (AvgIpc) is 2.30. The Kier molecular flexibility index (Phi) is 3.62. The van der Waals surface area contributed by atoms with Gasteiger partial charge in [0.15, 0.2) is 0 Å². The Morgan fingerprint density at radius 1 is 1.00 bits per heavy atom. The van der Waals surface area contributed by atoms with Gasteiger partial charge in [0.05, 0.1) is 0 Å². The van der Waals surface area contributed by atoms with Gasteiger partial charge >= 0.3 is 0 Å². The number of rotatable bonds is 3. The van der Waals surface area contributed by atoms with Gasteiger partial charge in [0.25, 0.3) is 0 Å². The van der Waals surface area contributed by atoms with Crippen LogP contribution >= 0.6 is 11.8 Å². The van der Waals surface area contributed by atoms with E-state index >= 15 is 0 Å². The molecule has 2 aromatic carbocycles. The van der Waals surface area contributed by atoms with Crippen molar-refractivity contribution in [3.05, 3.63) is 65.5 Å². The lowest BCUT2D eigenvalue weighted by Crippen LogP contribution is -1.85. The summed E-state index contributed by atoms with van der Waals surface area (Å²) in [4.78, 5) is 1.10. The van der Waals surface area contributed by atoms with Crippen LogP contribution in [0, 0.1) is 12.7 Å². The number of hydrogen-bond acceptors (Lipinski definition) is 1. The molecule has 0 N–H and O–H groups in total. The number of thioether (sulfide) groups is 1. The Morgan fingerprint density at radius 2 is 1.69 bits per heavy atom. The van der Waals surface area contributed by atoms with Gasteiger partial charge in [-0.15, -0.1) is 11.8 Å². The second-order valence-electron chi connectivity index (χ2n) is 3.67. The van der Waals surface area contributed by atoms with Crippen molar-refractivity contribution in [2.24, 2.45) is 0 Å². The Labute approximate surface area is 99.5 Å². The van der Waals surface area contributed by atoms with Gasteiger partial charge in [-0.05, 0) is 42.3 Å². The minimum atomic E-state index is -0.180. The van der Waals surface area contributed by atoms with Gasteiger partial charge < -0.3 is 0 Å². The number of benzene rings is 2. The first-order valence-corrected chi connectivity index (χ1v) is 6.17. The first kappa shape index (κ1) is 11.2. The van der Waals surface area contributed by atoms with Crippen LogP contribution in [0.5, 0.6) is 0 Å². The Morgan fingerprint density at radius 3 is 2.38 bits per heavy atom. The fourth-order valence-corrected chi connectivity index (χ4v) is 2.44. The Bertz CT molecular complexity index is 462. The lowest BCUT2D eigenvalue weighted by atomic mass is 10.1. The van der Waals surface area contributed by atoms with Gasteiger partial charge in [-0.1, -0.05) is 24.3 Å². The van der Waals surface area contributed by atoms with E-state index in [9.17, 15) is 4.39 Å². The first-order chi connectivity index (χ1) is 7.75. The highest BCUT2D eigenvalue weighted by molar-refractivity contribution is 7.98. The molecule has 0 aliphatic rings. The summed E-state index contributed by atoms with van der Waals surface area (Å²) in [5.74, 6) is 0.749. The van der Waals surface area contributed by atoms with E-state index in [1.807, 2.05) is 24.3 Å². The van der Waals surface area contributed by atoms with Crippen molar-refractivity contribution in [3.63, 3.8) is 0 Å². The van der Waals surface area contributed by atoms with E-state index in [-0.39, 0.29) is 5.82 Å². The molecule has 16 heavy (non-hydrogen) atoms. The molecular weight excluding hydrogens is 219 g/mol. The molecule has 0 bridgehead atoms. The maximum atomic E-state index is 12.7. The molecule has 0 fully saturated rings. The molecule has 0 nitrogen and oxygen atoms in total. The van der Waals surface area contributed by atoms with Crippen molar-refractivity contribution >= 4 is 11.8 Å². The zero-order chi connectivity index (χ0) is 11.4. The highest BCUT2D eigenvalue weighted by Gasteiger charge is 1.99. The maximum Gasteiger partial charge on any atom is 0.123 e. The SMILES string of the molecule is Cc1ccccc1CSc1ccc(F)cc1. The van der Waals surface area contributed by atoms with Gasteiger partial charge in [-0.2, -0.15) is 0 Å². The molecule has 2 aromatic rings. The number of hydrogen-bond donors (Lipinski definition) is 0. The molecule has 0 spiro atoms. The van der Waals surface area contributed by atoms with E-state index in [0.29, 0.717) is 0 Å². The Balaban J connectivity index is 2.02. The van der Waals surface area contributed by atoms with E-state index in [0.717, 1.165) is 10.6 Å². The molecule has 0 aliphatic carbocycles. The highest BCUT2D eigenvalue weighted by Crippen LogP contribution is 2.24. The summed E-state index contributed by atoms with van der Waals surface area (Å²) in [6, 6.07) is 15.0. The molecule has 0 atom stereocenters. The zero-order valence-electron chi connectivity index (χ0n) is 9.11. The molecule has 0 radical (unpaired) electrons. The molecule has 0 saturated heterocycles. The van der Waals surface area contributed by atoms with Crippen molar-refractivity contribution < 1.29 is 4.39 Å². The third-order valence-corrected chi connectivity index (χ3v) is 3.53. The van der Waals surface area contributed by atoms with Crippen LogP contribution in [0.25, 0.3) is 0 Å². The zero-order valence-corrected chi connectivity index (χ0v) is 9.93. The van der Waals surface area contributed by atoms with Crippen molar-refractivity contribution in [2.45, 2.75) is 17.6 Å². The normalized spacial score (nSPS) is 10.4. The molecule has 0 aliphatic heterocycles. The minimum Gasteiger partial charge on any atom is -0.207 e. The summed E-state index contributed by atoms with van der Waals surface area (Å²) in [7, 11) is 0. The van der Waals surface area contributed by atoms with Gasteiger partial charge in [-0.25, -0.2) is 4.39 Å². The highest BCUT2D eigenvalue weighted by atomic mass is 32.2. The van der Waals surface area contributed by atoms with E-state index < -0.39 is 0 Å². The molecule has 82 valence electrons. The predicted octanol–water partition coefficient (Wildman–Crippen LogP) is 4.43. The van der Waals surface area contributed by atoms with Crippen LogP contribution in [0.1, 0.15) is 11.1 Å². The molecular formula is C14H13FS. The van der Waals surface area contributed by atoms with Crippen molar-refractivity contribution in [1.29, 1.82) is 0 Å². The summed E-state index contributed by atoms with van der Waals surface area (Å²) in [5.41, 5.74) is 2.63. The van der Waals surface area contributed by atoms with Gasteiger partial charge in [-0.3, -0.25) is 0 Å². The summed E-state index contributed by atoms with van der Waals surface area (Å²) in [6.07, 6.45) is 0. The lowest BCUT2D eigenvalue weighted by Gasteiger charge is -2.05. The predicted molar refractivity (Wildman–Crippen MR) is 67.1 cm³/mol. The van der Waals surface area contributed by atoms with Crippen molar-refractivity contribution in [1.82, 2.24) is 0 Å². The van der Waals surface area contributed by atoms with Crippen LogP contribution < -0.4 is 0 Å². The molecule has 0 amide bonds. The molecule has 2 rings (SSSR count). The van der Waals surface area contributed by atoms with Crippen LogP contribution in [0.2, 0.25) is 0 Å². The van der Waals surface area contributed by atoms with Crippen molar-refractivity contribution in [2.75, 3.05) is 0 Å². The maximum absolute atomic E-state index is 12.7. The standard InChI is InChI=1S/C14H13FS/c1-11-4-2-3-5-12(11)10-16-14-8-6-13(15)7-9-14/h2-9H,10H2,1H3. The van der Waals surface area contributed by atoms with Gasteiger partial charge in [0.2, 0.25) is 0 Å². The van der Waals surface area contributed by atoms with Gasteiger partial charge in [0, 0.05) is 10.6 Å². The second kappa shape index (κ2) is 5.17. The van der Waals surface area contributed by atoms with E-state index in [4.69, 9.17) is 0 Å². The van der Waals surface area contributed by atoms with Crippen LogP contribution in [0.15, 0.2) is 53.4 Å². The van der Waals surface area contributed by atoms with E-state index in [2.05, 4.69) is 19.1 Å². The molecule has 0 unspecified atom stereocenters. The molecule has 0 aromatic heterocycles. The fraction of sp³-hybridized carbons (Fsp3) is 0.143. The summed E-state index contributed by atoms with van der Waals surface area (Å²) in [6.45, 7) is 2.11. The largest absolute Gasteiger partial charge is 0.207 e. The van der Waals surface area contributed by atoms with Crippen LogP contribution in [-0.4, -0.2) is 0 Å². The third kappa shape index (κ3) is 2.86. The number of aryl methyl sites for hydroxylation is 1. The number of halogens is 1. The summed E-state index contributed by atoms with van der Waals surface area (Å²) in [5, 5.41) is 0. The molecule has 0 heterocycles. The smallest absolute Gasteiger partial charge is 0.123 e. The van der Waals surface area contributed by atoms with Crippen molar-refractivity contribution in [3.8, 4) is 0 Å². The average molecular weight is 232 g/mol. The van der Waals surface area contributed by atoms with Crippen LogP contribution in [-0.2, 0) is 5.75 Å². The molecule has 0 saturated carbocycles. The van der Waals surface area contributed by atoms with Crippen LogP contribution in [0.3, 0.4) is 0 Å². The minimum absolute atomic E-state index is 0.180. The summed E-state index contributed by atoms with van der Waals surface area (Å²) < 4.78 is 12.7. The first-order valence-electron chi connectivity index (χ1n) is 5.18. The molecule has 2 heteroatoms. The second-order valence-corrected chi connectivity index (χ2v) is 4.72. The monoisotopic (exact) mass is 232 g/mol. The topological polar surface area (TPSA) is 0 Å². The summed E-state index contributed by atoms with van der Waals surface area (Å²) >= 11 is 1.73.